The molecule has 0 spiro atoms. The molecule has 0 bridgehead atoms. The highest BCUT2D eigenvalue weighted by Gasteiger charge is 2.26. The topological polar surface area (TPSA) is 55.6 Å². The lowest BCUT2D eigenvalue weighted by atomic mass is 9.93. The second kappa shape index (κ2) is 6.48. The van der Waals surface area contributed by atoms with Gasteiger partial charge in [0.15, 0.2) is 0 Å². The number of benzene rings is 1. The molecule has 114 valence electrons. The Labute approximate surface area is 126 Å². The van der Waals surface area contributed by atoms with Crippen molar-refractivity contribution in [2.45, 2.75) is 25.7 Å². The summed E-state index contributed by atoms with van der Waals surface area (Å²) in [5, 5.41) is 0. The van der Waals surface area contributed by atoms with Crippen LogP contribution in [0.25, 0.3) is 0 Å². The summed E-state index contributed by atoms with van der Waals surface area (Å²) in [6, 6.07) is 8.36. The highest BCUT2D eigenvalue weighted by molar-refractivity contribution is 5.76. The zero-order valence-electron chi connectivity index (χ0n) is 12.5. The van der Waals surface area contributed by atoms with Crippen LogP contribution in [0.4, 0.5) is 0 Å². The summed E-state index contributed by atoms with van der Waals surface area (Å²) in [5.74, 6) is 1.64. The first-order valence-corrected chi connectivity index (χ1v) is 7.95. The lowest BCUT2D eigenvalue weighted by Gasteiger charge is -2.32. The third-order valence-electron chi connectivity index (χ3n) is 4.77. The van der Waals surface area contributed by atoms with E-state index in [-0.39, 0.29) is 11.8 Å². The molecule has 1 amide bonds. The van der Waals surface area contributed by atoms with Gasteiger partial charge < -0.3 is 15.4 Å². The molecule has 1 fully saturated rings. The summed E-state index contributed by atoms with van der Waals surface area (Å²) in [7, 11) is 0. The molecule has 4 heteroatoms. The fourth-order valence-corrected chi connectivity index (χ4v) is 3.48. The third-order valence-corrected chi connectivity index (χ3v) is 4.77. The van der Waals surface area contributed by atoms with Crippen LogP contribution in [0.2, 0.25) is 0 Å². The summed E-state index contributed by atoms with van der Waals surface area (Å²) < 4.78 is 5.84. The number of ether oxygens (including phenoxy) is 1. The van der Waals surface area contributed by atoms with Crippen molar-refractivity contribution >= 4 is 5.91 Å². The molecule has 0 aliphatic carbocycles. The number of likely N-dealkylation sites (tertiary alicyclic amines) is 1. The van der Waals surface area contributed by atoms with E-state index >= 15 is 0 Å². The van der Waals surface area contributed by atoms with Crippen molar-refractivity contribution in [1.82, 2.24) is 4.90 Å². The van der Waals surface area contributed by atoms with Crippen molar-refractivity contribution in [3.63, 3.8) is 0 Å². The van der Waals surface area contributed by atoms with Gasteiger partial charge in [-0.05, 0) is 56.3 Å². The Morgan fingerprint density at radius 3 is 2.76 bits per heavy atom. The lowest BCUT2D eigenvalue weighted by Crippen LogP contribution is -2.41. The molecule has 3 rings (SSSR count). The maximum absolute atomic E-state index is 11.2. The Morgan fingerprint density at radius 2 is 2.00 bits per heavy atom. The highest BCUT2D eigenvalue weighted by atomic mass is 16.5. The van der Waals surface area contributed by atoms with Gasteiger partial charge in [-0.25, -0.2) is 0 Å². The molecule has 0 unspecified atom stereocenters. The standard InChI is InChI=1S/C17H24N2O2/c18-17(20)14-5-8-19(9-6-14)12-13-7-10-21-16-4-2-1-3-15(16)11-13/h1-4,13-14H,5-12H2,(H2,18,20)/t13-/m1/s1. The van der Waals surface area contributed by atoms with Gasteiger partial charge >= 0.3 is 0 Å². The molecule has 0 radical (unpaired) electrons. The minimum atomic E-state index is -0.133. The first-order valence-electron chi connectivity index (χ1n) is 7.95. The number of piperidine rings is 1. The van der Waals surface area contributed by atoms with E-state index in [1.807, 2.05) is 6.07 Å². The van der Waals surface area contributed by atoms with E-state index in [1.54, 1.807) is 0 Å². The fraction of sp³-hybridized carbons (Fsp3) is 0.588. The van der Waals surface area contributed by atoms with Crippen LogP contribution in [0.15, 0.2) is 24.3 Å². The number of nitrogens with zero attached hydrogens (tertiary/aromatic N) is 1. The van der Waals surface area contributed by atoms with E-state index in [1.165, 1.54) is 5.56 Å². The fourth-order valence-electron chi connectivity index (χ4n) is 3.48. The van der Waals surface area contributed by atoms with Gasteiger partial charge in [-0.3, -0.25) is 4.79 Å². The Balaban J connectivity index is 1.55. The summed E-state index contributed by atoms with van der Waals surface area (Å²) >= 11 is 0. The first-order chi connectivity index (χ1) is 10.2. The molecule has 2 aliphatic rings. The van der Waals surface area contributed by atoms with Crippen LogP contribution < -0.4 is 10.5 Å². The number of nitrogens with two attached hydrogens (primary N) is 1. The molecule has 0 aromatic heterocycles. The zero-order chi connectivity index (χ0) is 14.7. The van der Waals surface area contributed by atoms with Gasteiger partial charge in [0.05, 0.1) is 6.61 Å². The van der Waals surface area contributed by atoms with Crippen molar-refractivity contribution in [2.24, 2.45) is 17.6 Å². The quantitative estimate of drug-likeness (QED) is 0.923. The number of carbonyl (C=O) groups is 1. The number of primary amides is 1. The summed E-state index contributed by atoms with van der Waals surface area (Å²) in [6.45, 7) is 3.89. The Hall–Kier alpha value is -1.55. The molecule has 2 aliphatic heterocycles. The monoisotopic (exact) mass is 288 g/mol. The number of amides is 1. The third kappa shape index (κ3) is 3.56. The summed E-state index contributed by atoms with van der Waals surface area (Å²) in [4.78, 5) is 13.7. The minimum Gasteiger partial charge on any atom is -0.493 e. The molecular formula is C17H24N2O2. The van der Waals surface area contributed by atoms with Crippen LogP contribution in [0.1, 0.15) is 24.8 Å². The smallest absolute Gasteiger partial charge is 0.220 e. The van der Waals surface area contributed by atoms with E-state index in [0.29, 0.717) is 5.92 Å². The van der Waals surface area contributed by atoms with Gasteiger partial charge in [-0.15, -0.1) is 0 Å². The average Bonchev–Trinajstić information content (AvgIpc) is 2.69. The molecule has 2 N–H and O–H groups in total. The van der Waals surface area contributed by atoms with Gasteiger partial charge in [-0.1, -0.05) is 18.2 Å². The number of carbonyl (C=O) groups excluding carboxylic acids is 1. The molecule has 21 heavy (non-hydrogen) atoms. The largest absolute Gasteiger partial charge is 0.493 e. The van der Waals surface area contributed by atoms with Crippen molar-refractivity contribution in [3.8, 4) is 5.75 Å². The van der Waals surface area contributed by atoms with Crippen molar-refractivity contribution in [3.05, 3.63) is 29.8 Å². The molecular weight excluding hydrogens is 264 g/mol. The SMILES string of the molecule is NC(=O)C1CCN(C[C@@H]2CCOc3ccccc3C2)CC1. The Morgan fingerprint density at radius 1 is 1.24 bits per heavy atom. The van der Waals surface area contributed by atoms with Crippen molar-refractivity contribution in [2.75, 3.05) is 26.2 Å². The average molecular weight is 288 g/mol. The second-order valence-electron chi connectivity index (χ2n) is 6.29. The van der Waals surface area contributed by atoms with Crippen molar-refractivity contribution < 1.29 is 9.53 Å². The van der Waals surface area contributed by atoms with Gasteiger partial charge in [0.1, 0.15) is 5.75 Å². The molecule has 0 saturated carbocycles. The number of hydrogen-bond acceptors (Lipinski definition) is 3. The van der Waals surface area contributed by atoms with Crippen LogP contribution in [0.3, 0.4) is 0 Å². The van der Waals surface area contributed by atoms with Crippen LogP contribution >= 0.6 is 0 Å². The van der Waals surface area contributed by atoms with E-state index in [2.05, 4.69) is 23.1 Å². The maximum atomic E-state index is 11.2. The van der Waals surface area contributed by atoms with Gasteiger partial charge in [0.2, 0.25) is 5.91 Å². The number of hydrogen-bond donors (Lipinski definition) is 1. The normalized spacial score (nSPS) is 23.9. The van der Waals surface area contributed by atoms with Gasteiger partial charge in [0.25, 0.3) is 0 Å². The Kier molecular flexibility index (Phi) is 4.44. The molecule has 1 aromatic rings. The van der Waals surface area contributed by atoms with E-state index in [4.69, 9.17) is 10.5 Å². The molecule has 4 nitrogen and oxygen atoms in total. The molecule has 1 aromatic carbocycles. The molecule has 1 atom stereocenters. The van der Waals surface area contributed by atoms with Gasteiger partial charge in [0, 0.05) is 12.5 Å². The molecule has 2 heterocycles. The highest BCUT2D eigenvalue weighted by Crippen LogP contribution is 2.28. The summed E-state index contributed by atoms with van der Waals surface area (Å²) in [6.07, 6.45) is 4.01. The van der Waals surface area contributed by atoms with Crippen LogP contribution in [0, 0.1) is 11.8 Å². The van der Waals surface area contributed by atoms with E-state index in [0.717, 1.165) is 57.7 Å². The number of rotatable bonds is 3. The van der Waals surface area contributed by atoms with Crippen molar-refractivity contribution in [1.29, 1.82) is 0 Å². The first kappa shape index (κ1) is 14.4. The second-order valence-corrected chi connectivity index (χ2v) is 6.29. The number of fused-ring (bicyclic) bond motifs is 1. The molecule has 1 saturated heterocycles. The van der Waals surface area contributed by atoms with Crippen LogP contribution in [0.5, 0.6) is 5.75 Å². The predicted molar refractivity (Wildman–Crippen MR) is 82.1 cm³/mol. The van der Waals surface area contributed by atoms with E-state index < -0.39 is 0 Å². The maximum Gasteiger partial charge on any atom is 0.220 e. The minimum absolute atomic E-state index is 0.0828. The predicted octanol–water partition coefficient (Wildman–Crippen LogP) is 1.83. The van der Waals surface area contributed by atoms with Gasteiger partial charge in [-0.2, -0.15) is 0 Å². The zero-order valence-corrected chi connectivity index (χ0v) is 12.5. The number of para-hydroxylation sites is 1. The summed E-state index contributed by atoms with van der Waals surface area (Å²) in [5.41, 5.74) is 6.72. The van der Waals surface area contributed by atoms with Crippen LogP contribution in [-0.4, -0.2) is 37.0 Å². The lowest BCUT2D eigenvalue weighted by molar-refractivity contribution is -0.123. The van der Waals surface area contributed by atoms with E-state index in [9.17, 15) is 4.79 Å². The van der Waals surface area contributed by atoms with Crippen LogP contribution in [-0.2, 0) is 11.2 Å². The Bertz CT molecular complexity index is 495.